The minimum Gasteiger partial charge on any atom is -0.481 e. The van der Waals surface area contributed by atoms with Crippen LogP contribution in [0.15, 0.2) is 48.7 Å². The van der Waals surface area contributed by atoms with Crippen LogP contribution in [-0.2, 0) is 4.79 Å². The average molecular weight is 461 g/mol. The first-order chi connectivity index (χ1) is 16.3. The Morgan fingerprint density at radius 1 is 1.12 bits per heavy atom. The number of H-pyrrole nitrogens is 1. The number of rotatable bonds is 5. The van der Waals surface area contributed by atoms with E-state index < -0.39 is 17.2 Å². The van der Waals surface area contributed by atoms with E-state index in [0.29, 0.717) is 54.2 Å². The van der Waals surface area contributed by atoms with Crippen molar-refractivity contribution < 1.29 is 19.0 Å². The van der Waals surface area contributed by atoms with Gasteiger partial charge in [-0.05, 0) is 75.4 Å². The van der Waals surface area contributed by atoms with E-state index in [2.05, 4.69) is 19.9 Å². The van der Waals surface area contributed by atoms with Crippen molar-refractivity contribution >= 4 is 17.1 Å². The molecule has 3 heterocycles. The van der Waals surface area contributed by atoms with Crippen molar-refractivity contribution in [2.75, 3.05) is 0 Å². The third kappa shape index (κ3) is 4.23. The van der Waals surface area contributed by atoms with Crippen LogP contribution < -0.4 is 4.74 Å². The van der Waals surface area contributed by atoms with E-state index >= 15 is 0 Å². The molecule has 5 rings (SSSR count). The quantitative estimate of drug-likeness (QED) is 0.405. The molecular formula is C26H25FN4O3. The zero-order valence-electron chi connectivity index (χ0n) is 19.0. The van der Waals surface area contributed by atoms with Crippen molar-refractivity contribution in [1.82, 2.24) is 19.9 Å². The number of halogens is 1. The Labute approximate surface area is 196 Å². The van der Waals surface area contributed by atoms with Gasteiger partial charge in [0.15, 0.2) is 5.65 Å². The summed E-state index contributed by atoms with van der Waals surface area (Å²) in [7, 11) is 0. The molecule has 0 spiro atoms. The molecule has 1 aliphatic rings. The van der Waals surface area contributed by atoms with Gasteiger partial charge in [-0.2, -0.15) is 0 Å². The number of carbonyl (C=O) groups is 1. The molecule has 0 unspecified atom stereocenters. The van der Waals surface area contributed by atoms with Gasteiger partial charge < -0.3 is 14.8 Å². The Balaban J connectivity index is 1.29. The second kappa shape index (κ2) is 8.52. The summed E-state index contributed by atoms with van der Waals surface area (Å²) < 4.78 is 20.9. The smallest absolute Gasteiger partial charge is 0.309 e. The fraction of sp³-hybridized carbons (Fsp3) is 0.308. The third-order valence-electron chi connectivity index (χ3n) is 6.62. The Hall–Kier alpha value is -3.81. The number of aromatic amines is 1. The number of benzene rings is 1. The van der Waals surface area contributed by atoms with E-state index in [9.17, 15) is 14.3 Å². The fourth-order valence-corrected chi connectivity index (χ4v) is 4.35. The molecule has 2 N–H and O–H groups in total. The number of ether oxygens (including phenoxy) is 1. The topological polar surface area (TPSA) is 101 Å². The molecule has 8 heteroatoms. The second-order valence-electron chi connectivity index (χ2n) is 9.17. The lowest BCUT2D eigenvalue weighted by Crippen LogP contribution is -2.36. The fourth-order valence-electron chi connectivity index (χ4n) is 4.35. The first-order valence-electron chi connectivity index (χ1n) is 11.3. The van der Waals surface area contributed by atoms with Crippen molar-refractivity contribution in [3.8, 4) is 28.4 Å². The number of aliphatic carboxylic acids is 1. The molecule has 0 aliphatic heterocycles. The van der Waals surface area contributed by atoms with Gasteiger partial charge in [-0.1, -0.05) is 6.07 Å². The van der Waals surface area contributed by atoms with E-state index in [0.717, 1.165) is 16.8 Å². The van der Waals surface area contributed by atoms with Crippen molar-refractivity contribution in [2.45, 2.75) is 45.6 Å². The molecule has 174 valence electrons. The number of nitrogens with zero attached hydrogens (tertiary/aromatic N) is 3. The van der Waals surface area contributed by atoms with Crippen LogP contribution in [0, 0.1) is 18.2 Å². The van der Waals surface area contributed by atoms with Crippen LogP contribution in [0.1, 0.15) is 38.3 Å². The largest absolute Gasteiger partial charge is 0.481 e. The van der Waals surface area contributed by atoms with Gasteiger partial charge in [-0.15, -0.1) is 0 Å². The van der Waals surface area contributed by atoms with Crippen LogP contribution in [0.25, 0.3) is 33.7 Å². The lowest BCUT2D eigenvalue weighted by atomic mass is 9.75. The number of hydrogen-bond donors (Lipinski definition) is 2. The zero-order valence-corrected chi connectivity index (χ0v) is 19.0. The molecule has 0 bridgehead atoms. The number of imidazole rings is 1. The van der Waals surface area contributed by atoms with Gasteiger partial charge in [0, 0.05) is 23.5 Å². The number of fused-ring (bicyclic) bond motifs is 1. The van der Waals surface area contributed by atoms with Gasteiger partial charge in [-0.25, -0.2) is 19.3 Å². The number of hydrogen-bond acceptors (Lipinski definition) is 5. The summed E-state index contributed by atoms with van der Waals surface area (Å²) in [5, 5.41) is 9.37. The van der Waals surface area contributed by atoms with Gasteiger partial charge in [0.05, 0.1) is 16.5 Å². The molecule has 4 aromatic rings. The van der Waals surface area contributed by atoms with Gasteiger partial charge >= 0.3 is 5.97 Å². The molecule has 0 radical (unpaired) electrons. The summed E-state index contributed by atoms with van der Waals surface area (Å²) in [6.07, 6.45) is 4.12. The number of carboxylic acids is 1. The highest BCUT2D eigenvalue weighted by Gasteiger charge is 2.38. The minimum absolute atomic E-state index is 0.0513. The standard InChI is InChI=1S/C26H25FN4O3/c1-15-3-7-21-24(29-15)31-23(30-21)19-6-4-16(13-20(19)27)17-5-8-22(28-14-17)34-18-9-11-26(2,12-10-18)25(32)33/h3-8,13-14,18H,9-12H2,1-2H3,(H,32,33)(H,29,30,31). The predicted molar refractivity (Wildman–Crippen MR) is 126 cm³/mol. The summed E-state index contributed by atoms with van der Waals surface area (Å²) in [6.45, 7) is 3.67. The number of carboxylic acid groups (broad SMARTS) is 1. The number of aryl methyl sites for hydroxylation is 1. The molecule has 7 nitrogen and oxygen atoms in total. The molecule has 1 aliphatic carbocycles. The van der Waals surface area contributed by atoms with E-state index in [-0.39, 0.29) is 6.10 Å². The van der Waals surface area contributed by atoms with Crippen LogP contribution in [-0.4, -0.2) is 37.1 Å². The average Bonchev–Trinajstić information content (AvgIpc) is 3.24. The first kappa shape index (κ1) is 22.0. The Morgan fingerprint density at radius 2 is 1.88 bits per heavy atom. The first-order valence-corrected chi connectivity index (χ1v) is 11.3. The molecule has 0 amide bonds. The summed E-state index contributed by atoms with van der Waals surface area (Å²) in [6, 6.07) is 12.4. The molecule has 34 heavy (non-hydrogen) atoms. The predicted octanol–water partition coefficient (Wildman–Crippen LogP) is 5.55. The normalized spacial score (nSPS) is 20.4. The van der Waals surface area contributed by atoms with Crippen LogP contribution in [0.3, 0.4) is 0 Å². The van der Waals surface area contributed by atoms with E-state index in [1.807, 2.05) is 31.2 Å². The molecule has 1 saturated carbocycles. The van der Waals surface area contributed by atoms with Crippen LogP contribution in [0.2, 0.25) is 0 Å². The van der Waals surface area contributed by atoms with Crippen molar-refractivity contribution in [2.24, 2.45) is 5.41 Å². The van der Waals surface area contributed by atoms with Crippen molar-refractivity contribution in [3.05, 3.63) is 60.2 Å². The van der Waals surface area contributed by atoms with Gasteiger partial charge in [0.2, 0.25) is 5.88 Å². The Morgan fingerprint density at radius 3 is 2.56 bits per heavy atom. The Kier molecular flexibility index (Phi) is 5.51. The van der Waals surface area contributed by atoms with Crippen molar-refractivity contribution in [3.63, 3.8) is 0 Å². The number of aromatic nitrogens is 4. The molecule has 3 aromatic heterocycles. The molecule has 1 fully saturated rings. The summed E-state index contributed by atoms with van der Waals surface area (Å²) in [5.74, 6) is -0.226. The third-order valence-corrected chi connectivity index (χ3v) is 6.62. The Bertz CT molecular complexity index is 1360. The maximum atomic E-state index is 15.0. The number of nitrogens with one attached hydrogen (secondary N) is 1. The lowest BCUT2D eigenvalue weighted by Gasteiger charge is -2.33. The summed E-state index contributed by atoms with van der Waals surface area (Å²) >= 11 is 0. The SMILES string of the molecule is Cc1ccc2[nH]c(-c3ccc(-c4ccc(OC5CCC(C)(C(=O)O)CC5)nc4)cc3F)nc2n1. The minimum atomic E-state index is -0.751. The van der Waals surface area contributed by atoms with Gasteiger partial charge in [0.25, 0.3) is 0 Å². The van der Waals surface area contributed by atoms with Crippen LogP contribution >= 0.6 is 0 Å². The van der Waals surface area contributed by atoms with Crippen molar-refractivity contribution in [1.29, 1.82) is 0 Å². The monoisotopic (exact) mass is 460 g/mol. The highest BCUT2D eigenvalue weighted by Crippen LogP contribution is 2.37. The zero-order chi connectivity index (χ0) is 23.9. The van der Waals surface area contributed by atoms with Crippen LogP contribution in [0.4, 0.5) is 4.39 Å². The molecular weight excluding hydrogens is 435 g/mol. The lowest BCUT2D eigenvalue weighted by molar-refractivity contribution is -0.150. The number of pyridine rings is 2. The van der Waals surface area contributed by atoms with Crippen LogP contribution in [0.5, 0.6) is 5.88 Å². The maximum Gasteiger partial charge on any atom is 0.309 e. The molecule has 0 saturated heterocycles. The van der Waals surface area contributed by atoms with E-state index in [4.69, 9.17) is 4.74 Å². The van der Waals surface area contributed by atoms with Gasteiger partial charge in [-0.3, -0.25) is 4.79 Å². The molecule has 1 aromatic carbocycles. The summed E-state index contributed by atoms with van der Waals surface area (Å²) in [4.78, 5) is 27.7. The summed E-state index contributed by atoms with van der Waals surface area (Å²) in [5.41, 5.74) is 3.33. The van der Waals surface area contributed by atoms with E-state index in [1.54, 1.807) is 25.3 Å². The molecule has 0 atom stereocenters. The second-order valence-corrected chi connectivity index (χ2v) is 9.17. The maximum absolute atomic E-state index is 15.0. The highest BCUT2D eigenvalue weighted by atomic mass is 19.1. The van der Waals surface area contributed by atoms with Gasteiger partial charge in [0.1, 0.15) is 17.7 Å². The highest BCUT2D eigenvalue weighted by molar-refractivity contribution is 5.77. The van der Waals surface area contributed by atoms with E-state index in [1.165, 1.54) is 6.07 Å².